The molecular formula is C9H18N2O2. The third-order valence-electron chi connectivity index (χ3n) is 2.47. The number of nitrogens with one attached hydrogen (secondary N) is 2. The molecule has 0 spiro atoms. The van der Waals surface area contributed by atoms with Crippen molar-refractivity contribution in [2.75, 3.05) is 26.8 Å². The Hall–Kier alpha value is -0.610. The Labute approximate surface area is 79.0 Å². The number of methoxy groups -OCH3 is 1. The maximum absolute atomic E-state index is 11.2. The Morgan fingerprint density at radius 1 is 1.77 bits per heavy atom. The maximum atomic E-state index is 11.2. The predicted octanol–water partition coefficient (Wildman–Crippen LogP) is -0.253. The minimum absolute atomic E-state index is 0.0260. The van der Waals surface area contributed by atoms with Crippen LogP contribution < -0.4 is 10.6 Å². The summed E-state index contributed by atoms with van der Waals surface area (Å²) in [6, 6.07) is 0.248. The molecule has 1 fully saturated rings. The van der Waals surface area contributed by atoms with Crippen LogP contribution in [-0.4, -0.2) is 38.8 Å². The van der Waals surface area contributed by atoms with E-state index in [9.17, 15) is 4.79 Å². The molecule has 0 radical (unpaired) electrons. The van der Waals surface area contributed by atoms with E-state index in [0.29, 0.717) is 5.92 Å². The van der Waals surface area contributed by atoms with Crippen LogP contribution in [0.4, 0.5) is 0 Å². The third-order valence-corrected chi connectivity index (χ3v) is 2.47. The molecular weight excluding hydrogens is 168 g/mol. The molecule has 0 aromatic heterocycles. The first-order chi connectivity index (χ1) is 6.24. The van der Waals surface area contributed by atoms with Crippen molar-refractivity contribution in [3.63, 3.8) is 0 Å². The predicted molar refractivity (Wildman–Crippen MR) is 50.5 cm³/mol. The molecule has 0 bridgehead atoms. The van der Waals surface area contributed by atoms with E-state index in [4.69, 9.17) is 4.74 Å². The van der Waals surface area contributed by atoms with Gasteiger partial charge in [0.25, 0.3) is 0 Å². The van der Waals surface area contributed by atoms with Crippen LogP contribution in [-0.2, 0) is 9.53 Å². The Bertz CT molecular complexity index is 167. The summed E-state index contributed by atoms with van der Waals surface area (Å²) in [5.41, 5.74) is 0. The van der Waals surface area contributed by atoms with Gasteiger partial charge in [-0.15, -0.1) is 0 Å². The van der Waals surface area contributed by atoms with Crippen LogP contribution in [0.2, 0.25) is 0 Å². The van der Waals surface area contributed by atoms with Gasteiger partial charge in [-0.1, -0.05) is 0 Å². The maximum Gasteiger partial charge on any atom is 0.246 e. The van der Waals surface area contributed by atoms with Crippen molar-refractivity contribution in [2.45, 2.75) is 19.4 Å². The van der Waals surface area contributed by atoms with Gasteiger partial charge >= 0.3 is 0 Å². The van der Waals surface area contributed by atoms with E-state index in [1.807, 2.05) is 6.92 Å². The fraction of sp³-hybridized carbons (Fsp3) is 0.889. The van der Waals surface area contributed by atoms with Crippen LogP contribution in [0.5, 0.6) is 0 Å². The molecule has 0 saturated carbocycles. The highest BCUT2D eigenvalue weighted by Gasteiger charge is 2.22. The zero-order chi connectivity index (χ0) is 9.68. The molecule has 2 unspecified atom stereocenters. The van der Waals surface area contributed by atoms with Gasteiger partial charge in [-0.05, 0) is 32.4 Å². The number of hydrogen-bond donors (Lipinski definition) is 2. The Morgan fingerprint density at radius 3 is 3.08 bits per heavy atom. The normalized spacial score (nSPS) is 24.3. The fourth-order valence-electron chi connectivity index (χ4n) is 1.65. The first-order valence-electron chi connectivity index (χ1n) is 4.73. The van der Waals surface area contributed by atoms with E-state index in [1.165, 1.54) is 7.11 Å². The highest BCUT2D eigenvalue weighted by Crippen LogP contribution is 2.11. The molecule has 1 amide bonds. The van der Waals surface area contributed by atoms with E-state index in [-0.39, 0.29) is 18.6 Å². The quantitative estimate of drug-likeness (QED) is 0.636. The molecule has 1 aliphatic rings. The van der Waals surface area contributed by atoms with Gasteiger partial charge in [-0.25, -0.2) is 0 Å². The fourth-order valence-corrected chi connectivity index (χ4v) is 1.65. The molecule has 13 heavy (non-hydrogen) atoms. The molecule has 1 heterocycles. The van der Waals surface area contributed by atoms with Gasteiger partial charge < -0.3 is 15.4 Å². The Kier molecular flexibility index (Phi) is 4.18. The van der Waals surface area contributed by atoms with E-state index in [2.05, 4.69) is 10.6 Å². The summed E-state index contributed by atoms with van der Waals surface area (Å²) in [4.78, 5) is 11.2. The first kappa shape index (κ1) is 10.5. The standard InChI is InChI=1S/C9H18N2O2/c1-7(8-3-4-10-5-8)11-9(12)6-13-2/h7-8,10H,3-6H2,1-2H3,(H,11,12). The van der Waals surface area contributed by atoms with Crippen molar-refractivity contribution in [3.8, 4) is 0 Å². The van der Waals surface area contributed by atoms with Crippen molar-refractivity contribution in [2.24, 2.45) is 5.92 Å². The van der Waals surface area contributed by atoms with Crippen LogP contribution >= 0.6 is 0 Å². The third kappa shape index (κ3) is 3.32. The summed E-state index contributed by atoms with van der Waals surface area (Å²) >= 11 is 0. The van der Waals surface area contributed by atoms with Gasteiger partial charge in [-0.2, -0.15) is 0 Å². The lowest BCUT2D eigenvalue weighted by Gasteiger charge is -2.19. The first-order valence-corrected chi connectivity index (χ1v) is 4.73. The smallest absolute Gasteiger partial charge is 0.246 e. The summed E-state index contributed by atoms with van der Waals surface area (Å²) in [7, 11) is 1.53. The van der Waals surface area contributed by atoms with Gasteiger partial charge in [-0.3, -0.25) is 4.79 Å². The number of ether oxygens (including phenoxy) is 1. The van der Waals surface area contributed by atoms with Gasteiger partial charge in [0, 0.05) is 13.2 Å². The van der Waals surface area contributed by atoms with Crippen LogP contribution in [0.1, 0.15) is 13.3 Å². The summed E-state index contributed by atoms with van der Waals surface area (Å²) < 4.78 is 4.74. The molecule has 0 aromatic rings. The second kappa shape index (κ2) is 5.19. The van der Waals surface area contributed by atoms with Crippen LogP contribution in [0.3, 0.4) is 0 Å². The second-order valence-electron chi connectivity index (χ2n) is 3.54. The number of amides is 1. The minimum Gasteiger partial charge on any atom is -0.375 e. The molecule has 0 aliphatic carbocycles. The van der Waals surface area contributed by atoms with Crippen molar-refractivity contribution in [1.82, 2.24) is 10.6 Å². The summed E-state index contributed by atoms with van der Waals surface area (Å²) in [6.07, 6.45) is 1.15. The molecule has 1 saturated heterocycles. The van der Waals surface area contributed by atoms with Gasteiger partial charge in [0.05, 0.1) is 0 Å². The van der Waals surface area contributed by atoms with E-state index in [1.54, 1.807) is 0 Å². The Balaban J connectivity index is 2.22. The molecule has 4 heteroatoms. The topological polar surface area (TPSA) is 50.4 Å². The highest BCUT2D eigenvalue weighted by molar-refractivity contribution is 5.77. The van der Waals surface area contributed by atoms with E-state index >= 15 is 0 Å². The van der Waals surface area contributed by atoms with E-state index < -0.39 is 0 Å². The number of hydrogen-bond acceptors (Lipinski definition) is 3. The van der Waals surface area contributed by atoms with Gasteiger partial charge in [0.2, 0.25) is 5.91 Å². The lowest BCUT2D eigenvalue weighted by atomic mass is 10.0. The van der Waals surface area contributed by atoms with Crippen LogP contribution in [0.15, 0.2) is 0 Å². The Morgan fingerprint density at radius 2 is 2.54 bits per heavy atom. The van der Waals surface area contributed by atoms with Crippen LogP contribution in [0, 0.1) is 5.92 Å². The van der Waals surface area contributed by atoms with Crippen molar-refractivity contribution >= 4 is 5.91 Å². The van der Waals surface area contributed by atoms with Gasteiger partial charge in [0.15, 0.2) is 0 Å². The molecule has 2 atom stereocenters. The second-order valence-corrected chi connectivity index (χ2v) is 3.54. The molecule has 1 aliphatic heterocycles. The lowest BCUT2D eigenvalue weighted by Crippen LogP contribution is -2.40. The largest absolute Gasteiger partial charge is 0.375 e. The van der Waals surface area contributed by atoms with Crippen molar-refractivity contribution in [3.05, 3.63) is 0 Å². The minimum atomic E-state index is -0.0260. The molecule has 1 rings (SSSR count). The highest BCUT2D eigenvalue weighted by atomic mass is 16.5. The number of rotatable bonds is 4. The number of carbonyl (C=O) groups is 1. The summed E-state index contributed by atoms with van der Waals surface area (Å²) in [6.45, 7) is 4.28. The van der Waals surface area contributed by atoms with Crippen molar-refractivity contribution in [1.29, 1.82) is 0 Å². The zero-order valence-corrected chi connectivity index (χ0v) is 8.30. The van der Waals surface area contributed by atoms with Gasteiger partial charge in [0.1, 0.15) is 6.61 Å². The number of carbonyl (C=O) groups excluding carboxylic acids is 1. The molecule has 76 valence electrons. The molecule has 2 N–H and O–H groups in total. The summed E-state index contributed by atoms with van der Waals surface area (Å²) in [5, 5.41) is 6.19. The van der Waals surface area contributed by atoms with Crippen LogP contribution in [0.25, 0.3) is 0 Å². The zero-order valence-electron chi connectivity index (χ0n) is 8.30. The summed E-state index contributed by atoms with van der Waals surface area (Å²) in [5.74, 6) is 0.544. The SMILES string of the molecule is COCC(=O)NC(C)C1CCNC1. The molecule has 0 aromatic carbocycles. The lowest BCUT2D eigenvalue weighted by molar-refractivity contribution is -0.125. The van der Waals surface area contributed by atoms with Crippen molar-refractivity contribution < 1.29 is 9.53 Å². The molecule has 4 nitrogen and oxygen atoms in total. The average Bonchev–Trinajstić information content (AvgIpc) is 2.55. The van der Waals surface area contributed by atoms with E-state index in [0.717, 1.165) is 19.5 Å². The monoisotopic (exact) mass is 186 g/mol. The average molecular weight is 186 g/mol.